The van der Waals surface area contributed by atoms with Crippen molar-refractivity contribution in [3.05, 3.63) is 42.4 Å². The van der Waals surface area contributed by atoms with Crippen molar-refractivity contribution in [3.63, 3.8) is 0 Å². The standard InChI is InChI=1S/C21H28N6O2/c1-3-13-28-18-4-6-19(7-5-18)29-14-12-25-8-10-26(11-9-25)20-15-17(2)24-21-22-16-23-27(20)21/h4-7,15-16H,3,8-14H2,1-2H3. The molecule has 1 aromatic carbocycles. The van der Waals surface area contributed by atoms with E-state index >= 15 is 0 Å². The van der Waals surface area contributed by atoms with E-state index in [1.807, 2.05) is 35.7 Å². The monoisotopic (exact) mass is 396 g/mol. The van der Waals surface area contributed by atoms with Gasteiger partial charge < -0.3 is 14.4 Å². The van der Waals surface area contributed by atoms with E-state index in [-0.39, 0.29) is 0 Å². The van der Waals surface area contributed by atoms with Crippen molar-refractivity contribution in [2.45, 2.75) is 20.3 Å². The Kier molecular flexibility index (Phi) is 6.09. The van der Waals surface area contributed by atoms with Crippen LogP contribution in [-0.4, -0.2) is 70.4 Å². The molecule has 1 aliphatic rings. The predicted molar refractivity (Wildman–Crippen MR) is 112 cm³/mol. The number of rotatable bonds is 8. The van der Waals surface area contributed by atoms with Crippen LogP contribution in [0.2, 0.25) is 0 Å². The molecule has 154 valence electrons. The Balaban J connectivity index is 1.24. The molecular weight excluding hydrogens is 368 g/mol. The fourth-order valence-corrected chi connectivity index (χ4v) is 3.48. The first-order valence-corrected chi connectivity index (χ1v) is 10.2. The average molecular weight is 396 g/mol. The van der Waals surface area contributed by atoms with Crippen LogP contribution < -0.4 is 14.4 Å². The van der Waals surface area contributed by atoms with E-state index in [9.17, 15) is 0 Å². The van der Waals surface area contributed by atoms with Gasteiger partial charge in [0.25, 0.3) is 5.78 Å². The zero-order chi connectivity index (χ0) is 20.1. The van der Waals surface area contributed by atoms with E-state index in [0.717, 1.165) is 68.8 Å². The molecule has 0 radical (unpaired) electrons. The maximum atomic E-state index is 5.90. The van der Waals surface area contributed by atoms with Crippen LogP contribution in [0.15, 0.2) is 36.7 Å². The van der Waals surface area contributed by atoms with E-state index in [4.69, 9.17) is 9.47 Å². The number of piperazine rings is 1. The molecule has 0 amide bonds. The predicted octanol–water partition coefficient (Wildman–Crippen LogP) is 2.42. The van der Waals surface area contributed by atoms with Crippen LogP contribution in [0, 0.1) is 6.92 Å². The van der Waals surface area contributed by atoms with Crippen LogP contribution in [0.4, 0.5) is 5.82 Å². The Morgan fingerprint density at radius 2 is 1.66 bits per heavy atom. The highest BCUT2D eigenvalue weighted by molar-refractivity contribution is 5.47. The number of benzene rings is 1. The van der Waals surface area contributed by atoms with Crippen molar-refractivity contribution in [1.29, 1.82) is 0 Å². The molecule has 0 saturated carbocycles. The minimum absolute atomic E-state index is 0.655. The van der Waals surface area contributed by atoms with Crippen LogP contribution in [0.25, 0.3) is 5.78 Å². The third kappa shape index (κ3) is 4.76. The van der Waals surface area contributed by atoms with Gasteiger partial charge in [-0.2, -0.15) is 14.6 Å². The lowest BCUT2D eigenvalue weighted by molar-refractivity contribution is 0.200. The van der Waals surface area contributed by atoms with E-state index in [1.54, 1.807) is 6.33 Å². The third-order valence-corrected chi connectivity index (χ3v) is 5.03. The number of anilines is 1. The normalized spacial score (nSPS) is 15.0. The summed E-state index contributed by atoms with van der Waals surface area (Å²) in [5.74, 6) is 3.49. The minimum atomic E-state index is 0.655. The summed E-state index contributed by atoms with van der Waals surface area (Å²) in [6.45, 7) is 10.3. The molecule has 0 bridgehead atoms. The minimum Gasteiger partial charge on any atom is -0.494 e. The molecule has 0 aliphatic carbocycles. The number of fused-ring (bicyclic) bond motifs is 1. The lowest BCUT2D eigenvalue weighted by Crippen LogP contribution is -2.48. The second-order valence-electron chi connectivity index (χ2n) is 7.22. The van der Waals surface area contributed by atoms with E-state index in [0.29, 0.717) is 12.4 Å². The van der Waals surface area contributed by atoms with Gasteiger partial charge in [0.15, 0.2) is 0 Å². The Morgan fingerprint density at radius 1 is 0.966 bits per heavy atom. The van der Waals surface area contributed by atoms with Gasteiger partial charge in [0.05, 0.1) is 6.61 Å². The summed E-state index contributed by atoms with van der Waals surface area (Å²) in [6, 6.07) is 9.95. The van der Waals surface area contributed by atoms with Gasteiger partial charge in [-0.05, 0) is 37.6 Å². The van der Waals surface area contributed by atoms with E-state index in [1.165, 1.54) is 0 Å². The Bertz CT molecular complexity index is 919. The molecule has 1 saturated heterocycles. The molecule has 8 nitrogen and oxygen atoms in total. The van der Waals surface area contributed by atoms with Gasteiger partial charge in [-0.15, -0.1) is 0 Å². The second-order valence-corrected chi connectivity index (χ2v) is 7.22. The number of hydrogen-bond acceptors (Lipinski definition) is 7. The molecule has 0 spiro atoms. The lowest BCUT2D eigenvalue weighted by Gasteiger charge is -2.35. The first-order valence-electron chi connectivity index (χ1n) is 10.2. The zero-order valence-corrected chi connectivity index (χ0v) is 17.1. The largest absolute Gasteiger partial charge is 0.494 e. The number of aromatic nitrogens is 4. The van der Waals surface area contributed by atoms with Crippen molar-refractivity contribution in [1.82, 2.24) is 24.5 Å². The highest BCUT2D eigenvalue weighted by Gasteiger charge is 2.20. The highest BCUT2D eigenvalue weighted by Crippen LogP contribution is 2.19. The molecule has 3 aromatic rings. The molecule has 1 fully saturated rings. The second kappa shape index (κ2) is 9.09. The van der Waals surface area contributed by atoms with Crippen LogP contribution in [-0.2, 0) is 0 Å². The van der Waals surface area contributed by atoms with Crippen LogP contribution >= 0.6 is 0 Å². The van der Waals surface area contributed by atoms with Gasteiger partial charge in [-0.25, -0.2) is 4.98 Å². The van der Waals surface area contributed by atoms with E-state index in [2.05, 4.69) is 37.9 Å². The molecule has 0 N–H and O–H groups in total. The Morgan fingerprint density at radius 3 is 2.34 bits per heavy atom. The number of nitrogens with zero attached hydrogens (tertiary/aromatic N) is 6. The SMILES string of the molecule is CCCOc1ccc(OCCN2CCN(c3cc(C)nc4ncnn34)CC2)cc1. The van der Waals surface area contributed by atoms with Crippen molar-refractivity contribution in [2.75, 3.05) is 50.8 Å². The summed E-state index contributed by atoms with van der Waals surface area (Å²) < 4.78 is 13.3. The maximum absolute atomic E-state index is 5.90. The van der Waals surface area contributed by atoms with Crippen molar-refractivity contribution < 1.29 is 9.47 Å². The number of ether oxygens (including phenoxy) is 2. The van der Waals surface area contributed by atoms with Crippen LogP contribution in [0.5, 0.6) is 11.5 Å². The van der Waals surface area contributed by atoms with E-state index < -0.39 is 0 Å². The summed E-state index contributed by atoms with van der Waals surface area (Å²) in [4.78, 5) is 13.4. The first kappa shape index (κ1) is 19.4. The van der Waals surface area contributed by atoms with Gasteiger partial charge in [0.1, 0.15) is 30.3 Å². The molecule has 8 heteroatoms. The summed E-state index contributed by atoms with van der Waals surface area (Å²) in [5, 5.41) is 4.32. The molecule has 1 aliphatic heterocycles. The van der Waals surface area contributed by atoms with Gasteiger partial charge in [-0.1, -0.05) is 6.92 Å². The van der Waals surface area contributed by atoms with Crippen molar-refractivity contribution in [2.24, 2.45) is 0 Å². The summed E-state index contributed by atoms with van der Waals surface area (Å²) in [7, 11) is 0. The Hall–Kier alpha value is -2.87. The zero-order valence-electron chi connectivity index (χ0n) is 17.1. The van der Waals surface area contributed by atoms with Gasteiger partial charge >= 0.3 is 0 Å². The van der Waals surface area contributed by atoms with Crippen LogP contribution in [0.1, 0.15) is 19.0 Å². The highest BCUT2D eigenvalue weighted by atomic mass is 16.5. The van der Waals surface area contributed by atoms with Gasteiger partial charge in [0, 0.05) is 44.5 Å². The summed E-state index contributed by atoms with van der Waals surface area (Å²) in [6.07, 6.45) is 2.57. The summed E-state index contributed by atoms with van der Waals surface area (Å²) in [5.41, 5.74) is 0.961. The smallest absolute Gasteiger partial charge is 0.254 e. The molecular formula is C21H28N6O2. The molecule has 3 heterocycles. The van der Waals surface area contributed by atoms with Gasteiger partial charge in [-0.3, -0.25) is 4.90 Å². The quantitative estimate of drug-likeness (QED) is 0.579. The molecule has 29 heavy (non-hydrogen) atoms. The van der Waals surface area contributed by atoms with Crippen molar-refractivity contribution in [3.8, 4) is 11.5 Å². The Labute approximate surface area is 171 Å². The van der Waals surface area contributed by atoms with Gasteiger partial charge in [0.2, 0.25) is 0 Å². The van der Waals surface area contributed by atoms with Crippen molar-refractivity contribution >= 4 is 11.6 Å². The maximum Gasteiger partial charge on any atom is 0.254 e. The molecule has 0 atom stereocenters. The summed E-state index contributed by atoms with van der Waals surface area (Å²) >= 11 is 0. The van der Waals surface area contributed by atoms with Crippen LogP contribution in [0.3, 0.4) is 0 Å². The molecule has 2 aromatic heterocycles. The fraction of sp³-hybridized carbons (Fsp3) is 0.476. The third-order valence-electron chi connectivity index (χ3n) is 5.03. The topological polar surface area (TPSA) is 68.0 Å². The number of aryl methyl sites for hydroxylation is 1. The molecule has 0 unspecified atom stereocenters. The first-order chi connectivity index (χ1) is 14.2. The molecule has 4 rings (SSSR count). The lowest BCUT2D eigenvalue weighted by atomic mass is 10.3. The average Bonchev–Trinajstić information content (AvgIpc) is 3.21. The number of hydrogen-bond donors (Lipinski definition) is 0. The fourth-order valence-electron chi connectivity index (χ4n) is 3.48.